The molecule has 0 bridgehead atoms. The van der Waals surface area contributed by atoms with Gasteiger partial charge in [0, 0.05) is 10.4 Å². The Hall–Kier alpha value is -1.81. The molecule has 0 saturated heterocycles. The van der Waals surface area contributed by atoms with Crippen LogP contribution in [0.2, 0.25) is 0 Å². The van der Waals surface area contributed by atoms with Gasteiger partial charge in [-0.3, -0.25) is 0 Å². The van der Waals surface area contributed by atoms with Crippen molar-refractivity contribution < 1.29 is 14.6 Å². The van der Waals surface area contributed by atoms with Crippen molar-refractivity contribution in [2.45, 2.75) is 6.92 Å². The summed E-state index contributed by atoms with van der Waals surface area (Å²) in [5.74, 6) is -0.557. The molecule has 17 heavy (non-hydrogen) atoms. The minimum Gasteiger partial charge on any atom is -0.495 e. The quantitative estimate of drug-likeness (QED) is 0.905. The molecule has 3 nitrogen and oxygen atoms in total. The zero-order chi connectivity index (χ0) is 12.4. The topological polar surface area (TPSA) is 46.5 Å². The fraction of sp³-hybridized carbons (Fsp3) is 0.154. The van der Waals surface area contributed by atoms with E-state index in [-0.39, 0.29) is 5.56 Å². The molecule has 0 saturated carbocycles. The number of carbonyl (C=O) groups is 1. The lowest BCUT2D eigenvalue weighted by molar-refractivity contribution is 0.0693. The molecule has 0 atom stereocenters. The molecular weight excluding hydrogens is 236 g/mol. The first-order valence-electron chi connectivity index (χ1n) is 5.09. The number of benzene rings is 1. The van der Waals surface area contributed by atoms with Gasteiger partial charge < -0.3 is 9.84 Å². The smallest absolute Gasteiger partial charge is 0.339 e. The molecule has 1 aromatic heterocycles. The van der Waals surface area contributed by atoms with Crippen molar-refractivity contribution in [3.8, 4) is 16.2 Å². The SMILES string of the molecule is COc1c(C(=O)O)cccc1-c1cc(C)cs1. The van der Waals surface area contributed by atoms with Gasteiger partial charge in [0.15, 0.2) is 0 Å². The summed E-state index contributed by atoms with van der Waals surface area (Å²) in [5, 5.41) is 11.1. The zero-order valence-corrected chi connectivity index (χ0v) is 10.4. The van der Waals surface area contributed by atoms with E-state index in [4.69, 9.17) is 9.84 Å². The van der Waals surface area contributed by atoms with Gasteiger partial charge in [0.2, 0.25) is 0 Å². The maximum absolute atomic E-state index is 11.1. The number of ether oxygens (including phenoxy) is 1. The van der Waals surface area contributed by atoms with E-state index < -0.39 is 5.97 Å². The van der Waals surface area contributed by atoms with Crippen molar-refractivity contribution in [2.75, 3.05) is 7.11 Å². The predicted octanol–water partition coefficient (Wildman–Crippen LogP) is 3.43. The molecule has 1 heterocycles. The highest BCUT2D eigenvalue weighted by Crippen LogP contribution is 2.36. The third-order valence-corrected chi connectivity index (χ3v) is 3.53. The first kappa shape index (κ1) is 11.7. The van der Waals surface area contributed by atoms with Crippen molar-refractivity contribution in [1.29, 1.82) is 0 Å². The molecule has 4 heteroatoms. The summed E-state index contributed by atoms with van der Waals surface area (Å²) in [6.45, 7) is 2.01. The summed E-state index contributed by atoms with van der Waals surface area (Å²) in [5.41, 5.74) is 2.18. The van der Waals surface area contributed by atoms with Crippen molar-refractivity contribution in [2.24, 2.45) is 0 Å². The summed E-state index contributed by atoms with van der Waals surface area (Å²) in [6, 6.07) is 7.17. The molecule has 1 N–H and O–H groups in total. The lowest BCUT2D eigenvalue weighted by Crippen LogP contribution is -2.01. The minimum absolute atomic E-state index is 0.191. The van der Waals surface area contributed by atoms with Gasteiger partial charge in [-0.15, -0.1) is 11.3 Å². The summed E-state index contributed by atoms with van der Waals surface area (Å²) < 4.78 is 5.23. The predicted molar refractivity (Wildman–Crippen MR) is 68.0 cm³/mol. The molecule has 1 aromatic carbocycles. The number of hydrogen-bond donors (Lipinski definition) is 1. The van der Waals surface area contributed by atoms with Crippen molar-refractivity contribution >= 4 is 17.3 Å². The van der Waals surface area contributed by atoms with Crippen LogP contribution in [-0.2, 0) is 0 Å². The van der Waals surface area contributed by atoms with E-state index in [0.717, 1.165) is 16.0 Å². The second-order valence-electron chi connectivity index (χ2n) is 3.68. The third kappa shape index (κ3) is 2.17. The summed E-state index contributed by atoms with van der Waals surface area (Å²) in [7, 11) is 1.49. The van der Waals surface area contributed by atoms with Gasteiger partial charge in [0.1, 0.15) is 11.3 Å². The normalized spacial score (nSPS) is 10.2. The van der Waals surface area contributed by atoms with E-state index in [1.54, 1.807) is 23.5 Å². The fourth-order valence-corrected chi connectivity index (χ4v) is 2.61. The van der Waals surface area contributed by atoms with Crippen LogP contribution in [0.1, 0.15) is 15.9 Å². The summed E-state index contributed by atoms with van der Waals surface area (Å²) in [6.07, 6.45) is 0. The molecule has 0 fully saturated rings. The average Bonchev–Trinajstić information content (AvgIpc) is 2.74. The van der Waals surface area contributed by atoms with Crippen molar-refractivity contribution in [3.63, 3.8) is 0 Å². The van der Waals surface area contributed by atoms with E-state index in [1.807, 2.05) is 24.4 Å². The van der Waals surface area contributed by atoms with E-state index in [9.17, 15) is 4.79 Å². The van der Waals surface area contributed by atoms with E-state index in [0.29, 0.717) is 5.75 Å². The van der Waals surface area contributed by atoms with Crippen LogP contribution in [0.25, 0.3) is 10.4 Å². The van der Waals surface area contributed by atoms with Crippen LogP contribution in [-0.4, -0.2) is 18.2 Å². The summed E-state index contributed by atoms with van der Waals surface area (Å²) >= 11 is 1.58. The number of aryl methyl sites for hydroxylation is 1. The van der Waals surface area contributed by atoms with Crippen LogP contribution in [0.3, 0.4) is 0 Å². The molecule has 2 rings (SSSR count). The van der Waals surface area contributed by atoms with E-state index in [1.165, 1.54) is 7.11 Å². The van der Waals surface area contributed by atoms with Crippen LogP contribution in [0.5, 0.6) is 5.75 Å². The molecule has 0 unspecified atom stereocenters. The van der Waals surface area contributed by atoms with Gasteiger partial charge >= 0.3 is 5.97 Å². The van der Waals surface area contributed by atoms with Crippen LogP contribution in [0, 0.1) is 6.92 Å². The maximum Gasteiger partial charge on any atom is 0.339 e. The zero-order valence-electron chi connectivity index (χ0n) is 9.56. The number of methoxy groups -OCH3 is 1. The molecule has 0 aliphatic heterocycles. The summed E-state index contributed by atoms with van der Waals surface area (Å²) in [4.78, 5) is 12.1. The van der Waals surface area contributed by atoms with Crippen LogP contribution in [0.15, 0.2) is 29.6 Å². The van der Waals surface area contributed by atoms with Crippen molar-refractivity contribution in [1.82, 2.24) is 0 Å². The molecule has 0 aliphatic rings. The van der Waals surface area contributed by atoms with Gasteiger partial charge in [-0.05, 0) is 36.1 Å². The Labute approximate surface area is 103 Å². The standard InChI is InChI=1S/C13H12O3S/c1-8-6-11(17-7-8)9-4-3-5-10(13(14)15)12(9)16-2/h3-7H,1-2H3,(H,14,15). The highest BCUT2D eigenvalue weighted by atomic mass is 32.1. The second-order valence-corrected chi connectivity index (χ2v) is 4.59. The average molecular weight is 248 g/mol. The molecule has 0 spiro atoms. The molecule has 0 aliphatic carbocycles. The van der Waals surface area contributed by atoms with Crippen LogP contribution < -0.4 is 4.74 Å². The van der Waals surface area contributed by atoms with E-state index >= 15 is 0 Å². The largest absolute Gasteiger partial charge is 0.495 e. The first-order chi connectivity index (χ1) is 8.13. The van der Waals surface area contributed by atoms with Gasteiger partial charge in [-0.25, -0.2) is 4.79 Å². The van der Waals surface area contributed by atoms with Gasteiger partial charge in [-0.1, -0.05) is 6.07 Å². The van der Waals surface area contributed by atoms with E-state index in [2.05, 4.69) is 0 Å². The maximum atomic E-state index is 11.1. The second kappa shape index (κ2) is 4.59. The van der Waals surface area contributed by atoms with Crippen LogP contribution >= 0.6 is 11.3 Å². The Morgan fingerprint density at radius 1 is 1.41 bits per heavy atom. The number of rotatable bonds is 3. The van der Waals surface area contributed by atoms with Gasteiger partial charge in [0.05, 0.1) is 7.11 Å². The van der Waals surface area contributed by atoms with Crippen molar-refractivity contribution in [3.05, 3.63) is 40.8 Å². The fourth-order valence-electron chi connectivity index (χ4n) is 1.69. The third-order valence-electron chi connectivity index (χ3n) is 2.45. The number of thiophene rings is 1. The lowest BCUT2D eigenvalue weighted by Gasteiger charge is -2.09. The minimum atomic E-state index is -0.975. The highest BCUT2D eigenvalue weighted by Gasteiger charge is 2.16. The molecular formula is C13H12O3S. The number of hydrogen-bond acceptors (Lipinski definition) is 3. The molecule has 2 aromatic rings. The Balaban J connectivity index is 2.61. The Morgan fingerprint density at radius 2 is 2.18 bits per heavy atom. The molecule has 0 radical (unpaired) electrons. The van der Waals surface area contributed by atoms with Gasteiger partial charge in [-0.2, -0.15) is 0 Å². The lowest BCUT2D eigenvalue weighted by atomic mass is 10.1. The number of para-hydroxylation sites is 1. The molecule has 88 valence electrons. The number of carboxylic acids is 1. The number of aromatic carboxylic acids is 1. The Bertz CT molecular complexity index is 558. The monoisotopic (exact) mass is 248 g/mol. The molecule has 0 amide bonds. The Kier molecular flexibility index (Phi) is 3.15. The van der Waals surface area contributed by atoms with Gasteiger partial charge in [0.25, 0.3) is 0 Å². The first-order valence-corrected chi connectivity index (χ1v) is 5.97. The Morgan fingerprint density at radius 3 is 2.71 bits per heavy atom. The highest BCUT2D eigenvalue weighted by molar-refractivity contribution is 7.13. The van der Waals surface area contributed by atoms with Crippen LogP contribution in [0.4, 0.5) is 0 Å². The number of carboxylic acid groups (broad SMARTS) is 1.